The quantitative estimate of drug-likeness (QED) is 0.792. The van der Waals surface area contributed by atoms with Gasteiger partial charge in [-0.05, 0) is 5.41 Å². The second-order valence-corrected chi connectivity index (χ2v) is 4.69. The number of anilines is 1. The van der Waals surface area contributed by atoms with Crippen LogP contribution in [0.1, 0.15) is 20.8 Å². The smallest absolute Gasteiger partial charge is 0.271 e. The number of rotatable bonds is 2. The summed E-state index contributed by atoms with van der Waals surface area (Å²) in [5, 5.41) is 3.14. The van der Waals surface area contributed by atoms with Gasteiger partial charge in [-0.3, -0.25) is 4.79 Å². The van der Waals surface area contributed by atoms with Crippen LogP contribution in [-0.2, 0) is 0 Å². The predicted octanol–water partition coefficient (Wildman–Crippen LogP) is 1.88. The van der Waals surface area contributed by atoms with E-state index in [1.54, 1.807) is 0 Å². The highest BCUT2D eigenvalue weighted by atomic mass is 35.5. The van der Waals surface area contributed by atoms with Crippen molar-refractivity contribution in [2.45, 2.75) is 20.8 Å². The number of aromatic amines is 1. The van der Waals surface area contributed by atoms with Crippen molar-refractivity contribution in [2.24, 2.45) is 5.41 Å². The Labute approximate surface area is 87.7 Å². The Bertz CT molecular complexity index is 367. The Morgan fingerprint density at radius 1 is 1.57 bits per heavy atom. The van der Waals surface area contributed by atoms with Crippen molar-refractivity contribution < 1.29 is 0 Å². The maximum atomic E-state index is 11.1. The van der Waals surface area contributed by atoms with Gasteiger partial charge in [-0.1, -0.05) is 32.4 Å². The maximum Gasteiger partial charge on any atom is 0.271 e. The summed E-state index contributed by atoms with van der Waals surface area (Å²) in [7, 11) is 0. The number of hydrogen-bond donors (Lipinski definition) is 2. The highest BCUT2D eigenvalue weighted by Gasteiger charge is 2.12. The van der Waals surface area contributed by atoms with Crippen LogP contribution in [0.2, 0.25) is 5.02 Å². The van der Waals surface area contributed by atoms with E-state index in [2.05, 4.69) is 36.1 Å². The minimum Gasteiger partial charge on any atom is -0.368 e. The van der Waals surface area contributed by atoms with Gasteiger partial charge in [0.1, 0.15) is 5.02 Å². The van der Waals surface area contributed by atoms with E-state index < -0.39 is 0 Å². The molecule has 1 heterocycles. The first-order valence-corrected chi connectivity index (χ1v) is 4.75. The summed E-state index contributed by atoms with van der Waals surface area (Å²) in [4.78, 5) is 17.4. The highest BCUT2D eigenvalue weighted by Crippen LogP contribution is 2.17. The molecule has 0 aliphatic rings. The molecular formula is C9H14ClN3O. The van der Waals surface area contributed by atoms with E-state index in [9.17, 15) is 4.79 Å². The summed E-state index contributed by atoms with van der Waals surface area (Å²) in [5.74, 6) is 0.436. The molecule has 0 amide bonds. The normalized spacial score (nSPS) is 11.4. The standard InChI is InChI=1S/C9H14ClN3O/c1-9(2,3)4-11-7-6(10)8(14)13-5-12-7/h5H,4H2,1-3H3,(H2,11,12,13,14). The highest BCUT2D eigenvalue weighted by molar-refractivity contribution is 6.32. The maximum absolute atomic E-state index is 11.1. The number of nitrogens with zero attached hydrogens (tertiary/aromatic N) is 1. The van der Waals surface area contributed by atoms with E-state index in [4.69, 9.17) is 11.6 Å². The Morgan fingerprint density at radius 2 is 2.21 bits per heavy atom. The molecule has 0 aliphatic heterocycles. The van der Waals surface area contributed by atoms with Crippen LogP contribution in [0.4, 0.5) is 5.82 Å². The van der Waals surface area contributed by atoms with Gasteiger partial charge in [0.05, 0.1) is 6.33 Å². The molecule has 1 aromatic heterocycles. The SMILES string of the molecule is CC(C)(C)CNc1nc[nH]c(=O)c1Cl. The van der Waals surface area contributed by atoms with Crippen LogP contribution >= 0.6 is 11.6 Å². The number of hydrogen-bond acceptors (Lipinski definition) is 3. The molecule has 0 fully saturated rings. The predicted molar refractivity (Wildman–Crippen MR) is 57.8 cm³/mol. The molecule has 0 radical (unpaired) electrons. The van der Waals surface area contributed by atoms with Crippen molar-refractivity contribution in [2.75, 3.05) is 11.9 Å². The number of nitrogens with one attached hydrogen (secondary N) is 2. The molecule has 1 aromatic rings. The first kappa shape index (κ1) is 11.0. The molecule has 0 saturated heterocycles. The van der Waals surface area contributed by atoms with Gasteiger partial charge in [-0.15, -0.1) is 0 Å². The number of aromatic nitrogens is 2. The largest absolute Gasteiger partial charge is 0.368 e. The summed E-state index contributed by atoms with van der Waals surface area (Å²) < 4.78 is 0. The van der Waals surface area contributed by atoms with E-state index in [1.807, 2.05) is 0 Å². The lowest BCUT2D eigenvalue weighted by atomic mass is 9.97. The third kappa shape index (κ3) is 3.03. The van der Waals surface area contributed by atoms with Crippen molar-refractivity contribution in [3.05, 3.63) is 21.7 Å². The van der Waals surface area contributed by atoms with Crippen LogP contribution in [0.15, 0.2) is 11.1 Å². The average molecular weight is 216 g/mol. The lowest BCUT2D eigenvalue weighted by Gasteiger charge is -2.19. The van der Waals surface area contributed by atoms with Crippen LogP contribution in [0.5, 0.6) is 0 Å². The Balaban J connectivity index is 2.78. The molecule has 0 atom stereocenters. The van der Waals surface area contributed by atoms with Crippen LogP contribution in [0, 0.1) is 5.41 Å². The summed E-state index contributed by atoms with van der Waals surface area (Å²) in [6.45, 7) is 6.96. The zero-order chi connectivity index (χ0) is 10.8. The molecule has 2 N–H and O–H groups in total. The van der Waals surface area contributed by atoms with Gasteiger partial charge in [-0.2, -0.15) is 0 Å². The van der Waals surface area contributed by atoms with Crippen LogP contribution < -0.4 is 10.9 Å². The minimum atomic E-state index is -0.321. The van der Waals surface area contributed by atoms with Gasteiger partial charge in [0.25, 0.3) is 5.56 Å². The van der Waals surface area contributed by atoms with E-state index >= 15 is 0 Å². The number of H-pyrrole nitrogens is 1. The van der Waals surface area contributed by atoms with Crippen LogP contribution in [-0.4, -0.2) is 16.5 Å². The first-order valence-electron chi connectivity index (χ1n) is 4.37. The zero-order valence-corrected chi connectivity index (χ0v) is 9.27. The van der Waals surface area contributed by atoms with E-state index in [-0.39, 0.29) is 16.0 Å². The Hall–Kier alpha value is -1.03. The fourth-order valence-electron chi connectivity index (χ4n) is 0.855. The summed E-state index contributed by atoms with van der Waals surface area (Å²) in [6.07, 6.45) is 1.33. The van der Waals surface area contributed by atoms with Gasteiger partial charge >= 0.3 is 0 Å². The molecule has 5 heteroatoms. The topological polar surface area (TPSA) is 57.8 Å². The molecule has 0 aromatic carbocycles. The van der Waals surface area contributed by atoms with Gasteiger partial charge < -0.3 is 10.3 Å². The van der Waals surface area contributed by atoms with Gasteiger partial charge in [0.2, 0.25) is 0 Å². The second-order valence-electron chi connectivity index (χ2n) is 4.31. The van der Waals surface area contributed by atoms with E-state index in [0.29, 0.717) is 12.4 Å². The van der Waals surface area contributed by atoms with Gasteiger partial charge in [-0.25, -0.2) is 4.98 Å². The van der Waals surface area contributed by atoms with Crippen molar-refractivity contribution in [3.63, 3.8) is 0 Å². The van der Waals surface area contributed by atoms with E-state index in [0.717, 1.165) is 0 Å². The zero-order valence-electron chi connectivity index (χ0n) is 8.52. The molecule has 1 rings (SSSR count). The third-order valence-electron chi connectivity index (χ3n) is 1.58. The van der Waals surface area contributed by atoms with E-state index in [1.165, 1.54) is 6.33 Å². The fourth-order valence-corrected chi connectivity index (χ4v) is 1.03. The van der Waals surface area contributed by atoms with Gasteiger partial charge in [0, 0.05) is 6.54 Å². The monoisotopic (exact) mass is 215 g/mol. The molecule has 0 spiro atoms. The second kappa shape index (κ2) is 4.00. The lowest BCUT2D eigenvalue weighted by molar-refractivity contribution is 0.442. The Morgan fingerprint density at radius 3 is 2.79 bits per heavy atom. The lowest BCUT2D eigenvalue weighted by Crippen LogP contribution is -2.21. The summed E-state index contributed by atoms with van der Waals surface area (Å²) in [6, 6.07) is 0. The average Bonchev–Trinajstić information content (AvgIpc) is 2.06. The minimum absolute atomic E-state index is 0.108. The Kier molecular flexibility index (Phi) is 3.16. The third-order valence-corrected chi connectivity index (χ3v) is 1.93. The molecule has 14 heavy (non-hydrogen) atoms. The molecule has 0 saturated carbocycles. The first-order chi connectivity index (χ1) is 6.40. The molecule has 4 nitrogen and oxygen atoms in total. The molecule has 0 aliphatic carbocycles. The molecule has 0 unspecified atom stereocenters. The summed E-state index contributed by atoms with van der Waals surface area (Å²) in [5.41, 5.74) is -0.203. The number of halogens is 1. The fraction of sp³-hybridized carbons (Fsp3) is 0.556. The van der Waals surface area contributed by atoms with Crippen molar-refractivity contribution >= 4 is 17.4 Å². The van der Waals surface area contributed by atoms with Crippen molar-refractivity contribution in [1.29, 1.82) is 0 Å². The molecule has 78 valence electrons. The molecular weight excluding hydrogens is 202 g/mol. The molecule has 0 bridgehead atoms. The summed E-state index contributed by atoms with van der Waals surface area (Å²) >= 11 is 5.75. The van der Waals surface area contributed by atoms with Crippen molar-refractivity contribution in [1.82, 2.24) is 9.97 Å². The van der Waals surface area contributed by atoms with Crippen molar-refractivity contribution in [3.8, 4) is 0 Å². The van der Waals surface area contributed by atoms with Crippen LogP contribution in [0.3, 0.4) is 0 Å². The van der Waals surface area contributed by atoms with Crippen LogP contribution in [0.25, 0.3) is 0 Å². The van der Waals surface area contributed by atoms with Gasteiger partial charge in [0.15, 0.2) is 5.82 Å².